The van der Waals surface area contributed by atoms with E-state index in [9.17, 15) is 8.42 Å². The first-order chi connectivity index (χ1) is 15.3. The summed E-state index contributed by atoms with van der Waals surface area (Å²) >= 11 is 5.37. The van der Waals surface area contributed by atoms with Crippen molar-refractivity contribution < 1.29 is 13.2 Å². The molecule has 0 radical (unpaired) electrons. The normalized spacial score (nSPS) is 28.3. The van der Waals surface area contributed by atoms with Crippen molar-refractivity contribution in [1.29, 1.82) is 0 Å². The van der Waals surface area contributed by atoms with Crippen LogP contribution >= 0.6 is 12.2 Å². The lowest BCUT2D eigenvalue weighted by atomic mass is 9.53. The van der Waals surface area contributed by atoms with Gasteiger partial charge in [0.2, 0.25) is 10.0 Å². The van der Waals surface area contributed by atoms with Gasteiger partial charge in [-0.05, 0) is 117 Å². The van der Waals surface area contributed by atoms with Crippen LogP contribution in [0.1, 0.15) is 38.5 Å². The number of hydrogen-bond acceptors (Lipinski definition) is 4. The van der Waals surface area contributed by atoms with Crippen LogP contribution in [0.25, 0.3) is 0 Å². The van der Waals surface area contributed by atoms with Crippen LogP contribution in [-0.4, -0.2) is 26.2 Å². The van der Waals surface area contributed by atoms with E-state index >= 15 is 0 Å². The van der Waals surface area contributed by atoms with Gasteiger partial charge in [0, 0.05) is 16.9 Å². The summed E-state index contributed by atoms with van der Waals surface area (Å²) in [6.45, 7) is 0. The Morgan fingerprint density at radius 2 is 1.34 bits per heavy atom. The molecule has 170 valence electrons. The molecule has 6 nitrogen and oxygen atoms in total. The summed E-state index contributed by atoms with van der Waals surface area (Å²) in [6, 6.07) is 14.2. The van der Waals surface area contributed by atoms with Gasteiger partial charge in [-0.25, -0.2) is 13.1 Å². The van der Waals surface area contributed by atoms with E-state index in [4.69, 9.17) is 17.0 Å². The number of ether oxygens (including phenoxy) is 1. The van der Waals surface area contributed by atoms with Crippen molar-refractivity contribution in [1.82, 2.24) is 4.72 Å². The van der Waals surface area contributed by atoms with Crippen molar-refractivity contribution in [2.75, 3.05) is 17.7 Å². The molecule has 0 atom stereocenters. The number of thiocarbonyl (C=S) groups is 1. The lowest BCUT2D eigenvalue weighted by Gasteiger charge is -2.56. The number of anilines is 2. The molecule has 6 rings (SSSR count). The third-order valence-corrected chi connectivity index (χ3v) is 8.96. The summed E-state index contributed by atoms with van der Waals surface area (Å²) in [6.07, 6.45) is 6.82. The zero-order valence-corrected chi connectivity index (χ0v) is 19.8. The Hall–Kier alpha value is -2.16. The standard InChI is InChI=1S/C24H29N3O3S2/c1-30-21-6-2-19(3-7-21)25-23(31)26-20-4-8-22(9-5-20)32(28,29)27-24-13-16-10-17(14-24)12-18(11-16)15-24/h2-9,16-18,27H,10-15H2,1H3,(H2,25,26,31). The molecule has 0 amide bonds. The van der Waals surface area contributed by atoms with E-state index in [1.165, 1.54) is 19.3 Å². The number of sulfonamides is 1. The van der Waals surface area contributed by atoms with Gasteiger partial charge >= 0.3 is 0 Å². The minimum Gasteiger partial charge on any atom is -0.497 e. The van der Waals surface area contributed by atoms with Crippen molar-refractivity contribution in [3.8, 4) is 5.75 Å². The van der Waals surface area contributed by atoms with Gasteiger partial charge in [0.15, 0.2) is 5.11 Å². The number of rotatable bonds is 6. The van der Waals surface area contributed by atoms with Gasteiger partial charge in [0.25, 0.3) is 0 Å². The third-order valence-electron chi connectivity index (χ3n) is 7.16. The Kier molecular flexibility index (Phi) is 5.63. The van der Waals surface area contributed by atoms with Crippen LogP contribution in [-0.2, 0) is 10.0 Å². The van der Waals surface area contributed by atoms with Gasteiger partial charge in [-0.3, -0.25) is 0 Å². The number of methoxy groups -OCH3 is 1. The Morgan fingerprint density at radius 3 is 1.81 bits per heavy atom. The molecular weight excluding hydrogens is 442 g/mol. The van der Waals surface area contributed by atoms with E-state index in [1.54, 1.807) is 31.4 Å². The third kappa shape index (κ3) is 4.49. The van der Waals surface area contributed by atoms with Gasteiger partial charge in [0.1, 0.15) is 5.75 Å². The number of nitrogens with one attached hydrogen (secondary N) is 3. The van der Waals surface area contributed by atoms with E-state index in [0.29, 0.717) is 27.8 Å². The highest BCUT2D eigenvalue weighted by molar-refractivity contribution is 7.89. The fraction of sp³-hybridized carbons (Fsp3) is 0.458. The molecular formula is C24H29N3O3S2. The van der Waals surface area contributed by atoms with Crippen LogP contribution in [0.15, 0.2) is 53.4 Å². The minimum atomic E-state index is -3.56. The quantitative estimate of drug-likeness (QED) is 0.528. The summed E-state index contributed by atoms with van der Waals surface area (Å²) in [5.74, 6) is 2.84. The second-order valence-corrected chi connectivity index (χ2v) is 11.7. The lowest BCUT2D eigenvalue weighted by Crippen LogP contribution is -2.59. The second-order valence-electron chi connectivity index (χ2n) is 9.64. The van der Waals surface area contributed by atoms with Crippen molar-refractivity contribution in [2.24, 2.45) is 17.8 Å². The summed E-state index contributed by atoms with van der Waals surface area (Å²) in [5.41, 5.74) is 1.32. The Labute approximate surface area is 195 Å². The molecule has 2 aromatic rings. The van der Waals surface area contributed by atoms with Crippen LogP contribution in [0, 0.1) is 17.8 Å². The first-order valence-electron chi connectivity index (χ1n) is 11.2. The molecule has 4 bridgehead atoms. The molecule has 4 fully saturated rings. The van der Waals surface area contributed by atoms with Gasteiger partial charge in [-0.15, -0.1) is 0 Å². The summed E-state index contributed by atoms with van der Waals surface area (Å²) in [5, 5.41) is 6.63. The molecule has 4 aliphatic rings. The van der Waals surface area contributed by atoms with Gasteiger partial charge in [-0.2, -0.15) is 0 Å². The van der Waals surface area contributed by atoms with Gasteiger partial charge < -0.3 is 15.4 Å². The Balaban J connectivity index is 1.22. The number of benzene rings is 2. The van der Waals surface area contributed by atoms with Crippen LogP contribution in [0.2, 0.25) is 0 Å². The minimum absolute atomic E-state index is 0.242. The molecule has 8 heteroatoms. The van der Waals surface area contributed by atoms with E-state index in [-0.39, 0.29) is 5.54 Å². The SMILES string of the molecule is COc1ccc(NC(=S)Nc2ccc(S(=O)(=O)NC34CC5CC(CC(C5)C3)C4)cc2)cc1. The Morgan fingerprint density at radius 1 is 0.875 bits per heavy atom. The summed E-state index contributed by atoms with van der Waals surface area (Å²) in [4.78, 5) is 0.299. The molecule has 3 N–H and O–H groups in total. The zero-order chi connectivity index (χ0) is 22.3. The molecule has 0 saturated heterocycles. The maximum atomic E-state index is 13.2. The average Bonchev–Trinajstić information content (AvgIpc) is 2.73. The lowest BCUT2D eigenvalue weighted by molar-refractivity contribution is -0.00810. The van der Waals surface area contributed by atoms with Crippen molar-refractivity contribution >= 4 is 38.7 Å². The van der Waals surface area contributed by atoms with Crippen molar-refractivity contribution in [3.63, 3.8) is 0 Å². The van der Waals surface area contributed by atoms with Crippen LogP contribution in [0.4, 0.5) is 11.4 Å². The molecule has 2 aromatic carbocycles. The van der Waals surface area contributed by atoms with E-state index < -0.39 is 10.0 Å². The molecule has 4 aliphatic carbocycles. The fourth-order valence-corrected chi connectivity index (χ4v) is 7.93. The molecule has 0 heterocycles. The number of hydrogen-bond donors (Lipinski definition) is 3. The fourth-order valence-electron chi connectivity index (χ4n) is 6.26. The highest BCUT2D eigenvalue weighted by atomic mass is 32.2. The van der Waals surface area contributed by atoms with E-state index in [1.807, 2.05) is 24.3 Å². The predicted octanol–water partition coefficient (Wildman–Crippen LogP) is 4.75. The van der Waals surface area contributed by atoms with E-state index in [0.717, 1.165) is 36.4 Å². The molecule has 0 spiro atoms. The van der Waals surface area contributed by atoms with Crippen molar-refractivity contribution in [3.05, 3.63) is 48.5 Å². The largest absolute Gasteiger partial charge is 0.497 e. The van der Waals surface area contributed by atoms with Gasteiger partial charge in [0.05, 0.1) is 12.0 Å². The first kappa shape index (κ1) is 21.7. The molecule has 4 saturated carbocycles. The average molecular weight is 472 g/mol. The summed E-state index contributed by atoms with van der Waals surface area (Å²) in [7, 11) is -1.94. The Bertz CT molecular complexity index is 1060. The van der Waals surface area contributed by atoms with E-state index in [2.05, 4.69) is 15.4 Å². The highest BCUT2D eigenvalue weighted by Crippen LogP contribution is 2.55. The molecule has 0 aliphatic heterocycles. The maximum absolute atomic E-state index is 13.2. The van der Waals surface area contributed by atoms with Gasteiger partial charge in [-0.1, -0.05) is 0 Å². The second kappa shape index (κ2) is 8.32. The van der Waals surface area contributed by atoms with Crippen molar-refractivity contribution in [2.45, 2.75) is 49.0 Å². The monoisotopic (exact) mass is 471 g/mol. The van der Waals surface area contributed by atoms with Crippen LogP contribution in [0.5, 0.6) is 5.75 Å². The zero-order valence-electron chi connectivity index (χ0n) is 18.1. The molecule has 32 heavy (non-hydrogen) atoms. The highest BCUT2D eigenvalue weighted by Gasteiger charge is 2.52. The van der Waals surface area contributed by atoms with Crippen LogP contribution in [0.3, 0.4) is 0 Å². The van der Waals surface area contributed by atoms with Crippen LogP contribution < -0.4 is 20.1 Å². The summed E-state index contributed by atoms with van der Waals surface area (Å²) < 4.78 is 34.6. The molecule has 0 aromatic heterocycles. The topological polar surface area (TPSA) is 79.5 Å². The first-order valence-corrected chi connectivity index (χ1v) is 13.1. The smallest absolute Gasteiger partial charge is 0.241 e. The maximum Gasteiger partial charge on any atom is 0.241 e. The molecule has 0 unspecified atom stereocenters. The predicted molar refractivity (Wildman–Crippen MR) is 131 cm³/mol.